The maximum absolute atomic E-state index is 12.9. The van der Waals surface area contributed by atoms with Crippen LogP contribution in [0.5, 0.6) is 0 Å². The van der Waals surface area contributed by atoms with Crippen LogP contribution < -0.4 is 10.2 Å². The number of anilines is 1. The molecule has 0 radical (unpaired) electrons. The van der Waals surface area contributed by atoms with Crippen LogP contribution in [0.1, 0.15) is 11.1 Å². The molecule has 1 aromatic carbocycles. The second-order valence-electron chi connectivity index (χ2n) is 4.01. The lowest BCUT2D eigenvalue weighted by molar-refractivity contribution is -0.138. The van der Waals surface area contributed by atoms with Crippen LogP contribution in [0.25, 0.3) is 0 Å². The summed E-state index contributed by atoms with van der Waals surface area (Å²) in [7, 11) is 3.25. The van der Waals surface area contributed by atoms with E-state index in [0.717, 1.165) is 6.07 Å². The zero-order valence-electron chi connectivity index (χ0n) is 10.4. The minimum Gasteiger partial charge on any atom is -0.395 e. The molecule has 6 heteroatoms. The van der Waals surface area contributed by atoms with Crippen LogP contribution in [0.3, 0.4) is 0 Å². The van der Waals surface area contributed by atoms with Gasteiger partial charge in [0, 0.05) is 25.8 Å². The smallest absolute Gasteiger partial charge is 0.395 e. The van der Waals surface area contributed by atoms with Gasteiger partial charge in [0.25, 0.3) is 0 Å². The molecule has 0 amide bonds. The lowest BCUT2D eigenvalue weighted by Crippen LogP contribution is -2.22. The fraction of sp³-hybridized carbons (Fsp3) is 0.500. The summed E-state index contributed by atoms with van der Waals surface area (Å²) in [6, 6.07) is 4.20. The number of hydrogen-bond donors (Lipinski definition) is 2. The molecule has 0 fully saturated rings. The van der Waals surface area contributed by atoms with Crippen LogP contribution in [0, 0.1) is 0 Å². The Hall–Kier alpha value is -1.27. The molecule has 0 unspecified atom stereocenters. The van der Waals surface area contributed by atoms with Gasteiger partial charge in [-0.1, -0.05) is 6.07 Å². The second kappa shape index (κ2) is 6.06. The summed E-state index contributed by atoms with van der Waals surface area (Å²) in [4.78, 5) is 1.58. The number of rotatable bonds is 5. The Bertz CT molecular complexity index is 393. The van der Waals surface area contributed by atoms with Crippen molar-refractivity contribution >= 4 is 5.69 Å². The third-order valence-corrected chi connectivity index (χ3v) is 2.64. The molecule has 0 saturated heterocycles. The van der Waals surface area contributed by atoms with Crippen LogP contribution >= 0.6 is 0 Å². The molecule has 0 aliphatic carbocycles. The van der Waals surface area contributed by atoms with Gasteiger partial charge in [-0.15, -0.1) is 0 Å². The maximum Gasteiger partial charge on any atom is 0.416 e. The van der Waals surface area contributed by atoms with Gasteiger partial charge in [-0.3, -0.25) is 0 Å². The summed E-state index contributed by atoms with van der Waals surface area (Å²) in [6.45, 7) is 0.359. The van der Waals surface area contributed by atoms with E-state index in [1.165, 1.54) is 6.07 Å². The lowest BCUT2D eigenvalue weighted by Gasteiger charge is -2.21. The van der Waals surface area contributed by atoms with Crippen LogP contribution in [0.4, 0.5) is 18.9 Å². The normalized spacial score (nSPS) is 11.7. The Kier molecular flexibility index (Phi) is 4.98. The number of benzene rings is 1. The number of alkyl halides is 3. The van der Waals surface area contributed by atoms with Crippen molar-refractivity contribution in [1.82, 2.24) is 5.32 Å². The molecule has 0 saturated carbocycles. The highest BCUT2D eigenvalue weighted by Crippen LogP contribution is 2.34. The summed E-state index contributed by atoms with van der Waals surface area (Å²) in [5.41, 5.74) is 0.0153. The molecule has 0 spiro atoms. The van der Waals surface area contributed by atoms with Crippen molar-refractivity contribution in [2.45, 2.75) is 12.7 Å². The van der Waals surface area contributed by atoms with Crippen molar-refractivity contribution < 1.29 is 18.3 Å². The Morgan fingerprint density at radius 3 is 2.50 bits per heavy atom. The van der Waals surface area contributed by atoms with Crippen molar-refractivity contribution in [1.29, 1.82) is 0 Å². The third kappa shape index (κ3) is 3.61. The van der Waals surface area contributed by atoms with E-state index in [9.17, 15) is 13.2 Å². The van der Waals surface area contributed by atoms with Gasteiger partial charge in [0.2, 0.25) is 0 Å². The van der Waals surface area contributed by atoms with Crippen molar-refractivity contribution in [2.24, 2.45) is 0 Å². The summed E-state index contributed by atoms with van der Waals surface area (Å²) >= 11 is 0. The molecule has 0 aliphatic rings. The minimum atomic E-state index is -4.37. The number of aliphatic hydroxyl groups is 1. The van der Waals surface area contributed by atoms with E-state index >= 15 is 0 Å². The van der Waals surface area contributed by atoms with Gasteiger partial charge < -0.3 is 15.3 Å². The molecular formula is C12H17F3N2O. The third-order valence-electron chi connectivity index (χ3n) is 2.64. The van der Waals surface area contributed by atoms with E-state index in [-0.39, 0.29) is 18.7 Å². The average molecular weight is 262 g/mol. The quantitative estimate of drug-likeness (QED) is 0.850. The summed E-state index contributed by atoms with van der Waals surface area (Å²) < 4.78 is 38.7. The van der Waals surface area contributed by atoms with Crippen LogP contribution in [0.15, 0.2) is 18.2 Å². The molecule has 0 aliphatic heterocycles. The highest BCUT2D eigenvalue weighted by molar-refractivity contribution is 5.51. The number of halogens is 3. The van der Waals surface area contributed by atoms with Crippen molar-refractivity contribution in [3.8, 4) is 0 Å². The standard InChI is InChI=1S/C12H17F3N2O/c1-16-8-9-3-4-10(17(2)5-6-18)7-11(9)12(13,14)15/h3-4,7,16,18H,5-6,8H2,1-2H3. The predicted molar refractivity (Wildman–Crippen MR) is 64.6 cm³/mol. The molecule has 1 aromatic rings. The fourth-order valence-electron chi connectivity index (χ4n) is 1.69. The number of nitrogens with one attached hydrogen (secondary N) is 1. The maximum atomic E-state index is 12.9. The van der Waals surface area contributed by atoms with Gasteiger partial charge in [0.15, 0.2) is 0 Å². The number of nitrogens with zero attached hydrogens (tertiary/aromatic N) is 1. The molecule has 102 valence electrons. The molecule has 0 aromatic heterocycles. The van der Waals surface area contributed by atoms with E-state index in [1.54, 1.807) is 25.1 Å². The lowest BCUT2D eigenvalue weighted by atomic mass is 10.1. The summed E-state index contributed by atoms with van der Waals surface area (Å²) in [5, 5.41) is 11.5. The number of hydrogen-bond acceptors (Lipinski definition) is 3. The van der Waals surface area contributed by atoms with Crippen molar-refractivity contribution in [3.63, 3.8) is 0 Å². The Morgan fingerprint density at radius 1 is 1.33 bits per heavy atom. The predicted octanol–water partition coefficient (Wildman–Crippen LogP) is 1.85. The van der Waals surface area contributed by atoms with Gasteiger partial charge in [0.05, 0.1) is 12.2 Å². The average Bonchev–Trinajstić information content (AvgIpc) is 2.28. The molecule has 2 N–H and O–H groups in total. The van der Waals surface area contributed by atoms with E-state index in [1.807, 2.05) is 0 Å². The van der Waals surface area contributed by atoms with Gasteiger partial charge in [-0.2, -0.15) is 13.2 Å². The summed E-state index contributed by atoms with van der Waals surface area (Å²) in [6.07, 6.45) is -4.37. The highest BCUT2D eigenvalue weighted by atomic mass is 19.4. The Morgan fingerprint density at radius 2 is 2.00 bits per heavy atom. The van der Waals surface area contributed by atoms with Gasteiger partial charge in [-0.25, -0.2) is 0 Å². The van der Waals surface area contributed by atoms with Gasteiger partial charge in [0.1, 0.15) is 0 Å². The van der Waals surface area contributed by atoms with Crippen molar-refractivity contribution in [3.05, 3.63) is 29.3 Å². The number of aliphatic hydroxyl groups excluding tert-OH is 1. The van der Waals surface area contributed by atoms with E-state index in [2.05, 4.69) is 5.32 Å². The molecule has 18 heavy (non-hydrogen) atoms. The minimum absolute atomic E-state index is 0.101. The fourth-order valence-corrected chi connectivity index (χ4v) is 1.69. The zero-order chi connectivity index (χ0) is 13.8. The Balaban J connectivity index is 3.13. The first-order valence-corrected chi connectivity index (χ1v) is 5.57. The van der Waals surface area contributed by atoms with E-state index < -0.39 is 11.7 Å². The molecule has 0 heterocycles. The highest BCUT2D eigenvalue weighted by Gasteiger charge is 2.33. The van der Waals surface area contributed by atoms with Crippen LogP contribution in [-0.4, -0.2) is 32.4 Å². The topological polar surface area (TPSA) is 35.5 Å². The summed E-state index contributed by atoms with van der Waals surface area (Å²) in [5.74, 6) is 0. The first kappa shape index (κ1) is 14.8. The van der Waals surface area contributed by atoms with E-state index in [4.69, 9.17) is 5.11 Å². The van der Waals surface area contributed by atoms with Gasteiger partial charge >= 0.3 is 6.18 Å². The second-order valence-corrected chi connectivity index (χ2v) is 4.01. The largest absolute Gasteiger partial charge is 0.416 e. The van der Waals surface area contributed by atoms with Crippen LogP contribution in [-0.2, 0) is 12.7 Å². The van der Waals surface area contributed by atoms with Crippen LogP contribution in [0.2, 0.25) is 0 Å². The molecule has 3 nitrogen and oxygen atoms in total. The van der Waals surface area contributed by atoms with E-state index in [0.29, 0.717) is 12.2 Å². The van der Waals surface area contributed by atoms with Crippen molar-refractivity contribution in [2.75, 3.05) is 32.1 Å². The zero-order valence-corrected chi connectivity index (χ0v) is 10.4. The van der Waals surface area contributed by atoms with Gasteiger partial charge in [-0.05, 0) is 24.7 Å². The molecule has 1 rings (SSSR count). The molecule has 0 bridgehead atoms. The molecule has 0 atom stereocenters. The first-order valence-electron chi connectivity index (χ1n) is 5.57. The first-order chi connectivity index (χ1) is 8.40. The monoisotopic (exact) mass is 262 g/mol. The SMILES string of the molecule is CNCc1ccc(N(C)CCO)cc1C(F)(F)F. The number of likely N-dealkylation sites (N-methyl/N-ethyl adjacent to an activating group) is 1. The molecular weight excluding hydrogens is 245 g/mol. The Labute approximate surface area is 104 Å².